The molecule has 1 aromatic carbocycles. The molecule has 1 amide bonds. The van der Waals surface area contributed by atoms with E-state index >= 15 is 0 Å². The van der Waals surface area contributed by atoms with Crippen LogP contribution >= 0.6 is 34.7 Å². The maximum Gasteiger partial charge on any atom is 0.230 e. The zero-order valence-electron chi connectivity index (χ0n) is 14.5. The van der Waals surface area contributed by atoms with Crippen LogP contribution in [0.5, 0.6) is 0 Å². The number of ether oxygens (including phenoxy) is 1. The Hall–Kier alpha value is -1.05. The van der Waals surface area contributed by atoms with Crippen molar-refractivity contribution in [1.82, 2.24) is 10.2 Å². The Morgan fingerprint density at radius 3 is 2.73 bits per heavy atom. The van der Waals surface area contributed by atoms with Gasteiger partial charge in [-0.15, -0.1) is 23.1 Å². The first-order valence-electron chi connectivity index (χ1n) is 8.66. The molecular formula is C19H23ClN2O2S2. The number of carbonyl (C=O) groups excluding carboxylic acids is 1. The molecule has 1 fully saturated rings. The van der Waals surface area contributed by atoms with Crippen molar-refractivity contribution in [3.8, 4) is 0 Å². The summed E-state index contributed by atoms with van der Waals surface area (Å²) in [4.78, 5) is 15.9. The van der Waals surface area contributed by atoms with E-state index in [0.29, 0.717) is 12.3 Å². The molecule has 2 heterocycles. The summed E-state index contributed by atoms with van der Waals surface area (Å²) in [6.07, 6.45) is 0. The van der Waals surface area contributed by atoms with Gasteiger partial charge in [0.05, 0.1) is 25.0 Å². The van der Waals surface area contributed by atoms with Gasteiger partial charge in [0.15, 0.2) is 0 Å². The molecule has 1 atom stereocenters. The van der Waals surface area contributed by atoms with Crippen molar-refractivity contribution in [1.29, 1.82) is 0 Å². The summed E-state index contributed by atoms with van der Waals surface area (Å²) >= 11 is 9.25. The second-order valence-electron chi connectivity index (χ2n) is 6.10. The molecule has 1 aromatic heterocycles. The highest BCUT2D eigenvalue weighted by Gasteiger charge is 2.23. The lowest BCUT2D eigenvalue weighted by Crippen LogP contribution is -2.43. The van der Waals surface area contributed by atoms with Crippen molar-refractivity contribution in [2.75, 3.05) is 38.6 Å². The number of carbonyl (C=O) groups is 1. The molecule has 0 spiro atoms. The van der Waals surface area contributed by atoms with Crippen LogP contribution in [-0.4, -0.2) is 49.4 Å². The number of halogens is 1. The Balaban J connectivity index is 1.45. The highest BCUT2D eigenvalue weighted by Crippen LogP contribution is 2.25. The fourth-order valence-electron chi connectivity index (χ4n) is 2.88. The van der Waals surface area contributed by atoms with Gasteiger partial charge in [0, 0.05) is 35.3 Å². The Bertz CT molecular complexity index is 673. The van der Waals surface area contributed by atoms with Gasteiger partial charge >= 0.3 is 0 Å². The first kappa shape index (κ1) is 19.7. The summed E-state index contributed by atoms with van der Waals surface area (Å²) < 4.78 is 5.46. The van der Waals surface area contributed by atoms with Crippen molar-refractivity contribution < 1.29 is 9.53 Å². The van der Waals surface area contributed by atoms with Crippen molar-refractivity contribution in [2.45, 2.75) is 11.8 Å². The molecule has 26 heavy (non-hydrogen) atoms. The molecule has 0 bridgehead atoms. The maximum atomic E-state index is 12.3. The summed E-state index contributed by atoms with van der Waals surface area (Å²) in [5, 5.41) is 5.93. The quantitative estimate of drug-likeness (QED) is 0.718. The third-order valence-corrected chi connectivity index (χ3v) is 6.50. The normalized spacial score (nSPS) is 16.3. The Morgan fingerprint density at radius 1 is 1.27 bits per heavy atom. The van der Waals surface area contributed by atoms with E-state index < -0.39 is 0 Å². The SMILES string of the molecule is O=C(CSCc1ccc(Cl)cc1)NCC(c1cccs1)N1CCOCC1. The van der Waals surface area contributed by atoms with Crippen molar-refractivity contribution >= 4 is 40.6 Å². The third-order valence-electron chi connectivity index (χ3n) is 4.27. The molecule has 1 N–H and O–H groups in total. The van der Waals surface area contributed by atoms with Gasteiger partial charge in [0.1, 0.15) is 0 Å². The number of amides is 1. The van der Waals surface area contributed by atoms with E-state index in [-0.39, 0.29) is 11.9 Å². The molecule has 1 aliphatic heterocycles. The molecule has 7 heteroatoms. The van der Waals surface area contributed by atoms with Crippen LogP contribution in [-0.2, 0) is 15.3 Å². The second kappa shape index (κ2) is 10.3. The van der Waals surface area contributed by atoms with Gasteiger partial charge in [-0.25, -0.2) is 0 Å². The number of thiophene rings is 1. The molecule has 1 unspecified atom stereocenters. The lowest BCUT2D eigenvalue weighted by atomic mass is 10.2. The van der Waals surface area contributed by atoms with Crippen LogP contribution < -0.4 is 5.32 Å². The number of nitrogens with zero attached hydrogens (tertiary/aromatic N) is 1. The molecule has 0 radical (unpaired) electrons. The monoisotopic (exact) mass is 410 g/mol. The van der Waals surface area contributed by atoms with E-state index in [1.807, 2.05) is 24.3 Å². The average Bonchev–Trinajstić information content (AvgIpc) is 3.19. The molecule has 1 saturated heterocycles. The molecule has 140 valence electrons. The van der Waals surface area contributed by atoms with E-state index in [0.717, 1.165) is 37.1 Å². The standard InChI is InChI=1S/C19H23ClN2O2S2/c20-16-5-3-15(4-6-16)13-25-14-19(23)21-12-17(18-2-1-11-26-18)22-7-9-24-10-8-22/h1-6,11,17H,7-10,12-14H2,(H,21,23). The first-order chi connectivity index (χ1) is 12.7. The van der Waals surface area contributed by atoms with Gasteiger partial charge in [-0.2, -0.15) is 0 Å². The van der Waals surface area contributed by atoms with Gasteiger partial charge in [0.25, 0.3) is 0 Å². The van der Waals surface area contributed by atoms with Crippen LogP contribution in [0, 0.1) is 0 Å². The average molecular weight is 411 g/mol. The number of rotatable bonds is 8. The topological polar surface area (TPSA) is 41.6 Å². The second-order valence-corrected chi connectivity index (χ2v) is 8.50. The number of morpholine rings is 1. The predicted octanol–water partition coefficient (Wildman–Crippen LogP) is 3.82. The summed E-state index contributed by atoms with van der Waals surface area (Å²) in [5.74, 6) is 1.35. The lowest BCUT2D eigenvalue weighted by molar-refractivity contribution is -0.118. The lowest BCUT2D eigenvalue weighted by Gasteiger charge is -2.34. The molecule has 2 aromatic rings. The van der Waals surface area contributed by atoms with Gasteiger partial charge in [0.2, 0.25) is 5.91 Å². The van der Waals surface area contributed by atoms with Gasteiger partial charge in [-0.1, -0.05) is 29.8 Å². The molecule has 3 rings (SSSR count). The molecule has 1 aliphatic rings. The highest BCUT2D eigenvalue weighted by molar-refractivity contribution is 7.99. The predicted molar refractivity (Wildman–Crippen MR) is 110 cm³/mol. The Morgan fingerprint density at radius 2 is 2.04 bits per heavy atom. The van der Waals surface area contributed by atoms with Gasteiger partial charge < -0.3 is 10.1 Å². The smallest absolute Gasteiger partial charge is 0.230 e. The van der Waals surface area contributed by atoms with Gasteiger partial charge in [-0.05, 0) is 29.1 Å². The van der Waals surface area contributed by atoms with Crippen LogP contribution in [0.3, 0.4) is 0 Å². The third kappa shape index (κ3) is 5.99. The summed E-state index contributed by atoms with van der Waals surface area (Å²) in [7, 11) is 0. The fraction of sp³-hybridized carbons (Fsp3) is 0.421. The van der Waals surface area contributed by atoms with Crippen LogP contribution in [0.25, 0.3) is 0 Å². The Kier molecular flexibility index (Phi) is 7.83. The van der Waals surface area contributed by atoms with Crippen LogP contribution in [0.2, 0.25) is 5.02 Å². The summed E-state index contributed by atoms with van der Waals surface area (Å²) in [6.45, 7) is 3.97. The van der Waals surface area contributed by atoms with Crippen molar-refractivity contribution in [3.05, 3.63) is 57.2 Å². The zero-order chi connectivity index (χ0) is 18.2. The minimum atomic E-state index is 0.0822. The minimum Gasteiger partial charge on any atom is -0.379 e. The highest BCUT2D eigenvalue weighted by atomic mass is 35.5. The summed E-state index contributed by atoms with van der Waals surface area (Å²) in [5.41, 5.74) is 1.18. The van der Waals surface area contributed by atoms with E-state index in [1.165, 1.54) is 10.4 Å². The van der Waals surface area contributed by atoms with Crippen LogP contribution in [0.1, 0.15) is 16.5 Å². The number of thioether (sulfide) groups is 1. The van der Waals surface area contributed by atoms with Crippen LogP contribution in [0.15, 0.2) is 41.8 Å². The fourth-order valence-corrected chi connectivity index (χ4v) is 4.69. The number of nitrogens with one attached hydrogen (secondary N) is 1. The molecule has 0 aliphatic carbocycles. The van der Waals surface area contributed by atoms with E-state index in [9.17, 15) is 4.79 Å². The molecule has 4 nitrogen and oxygen atoms in total. The van der Waals surface area contributed by atoms with Crippen molar-refractivity contribution in [2.24, 2.45) is 0 Å². The zero-order valence-corrected chi connectivity index (χ0v) is 16.9. The van der Waals surface area contributed by atoms with E-state index in [4.69, 9.17) is 16.3 Å². The number of benzene rings is 1. The molecular weight excluding hydrogens is 388 g/mol. The number of hydrogen-bond acceptors (Lipinski definition) is 5. The van der Waals surface area contributed by atoms with Gasteiger partial charge in [-0.3, -0.25) is 9.69 Å². The van der Waals surface area contributed by atoms with Crippen molar-refractivity contribution in [3.63, 3.8) is 0 Å². The minimum absolute atomic E-state index is 0.0822. The largest absolute Gasteiger partial charge is 0.379 e. The maximum absolute atomic E-state index is 12.3. The first-order valence-corrected chi connectivity index (χ1v) is 11.1. The van der Waals surface area contributed by atoms with E-state index in [2.05, 4.69) is 27.7 Å². The Labute approximate surface area is 167 Å². The van der Waals surface area contributed by atoms with Crippen LogP contribution in [0.4, 0.5) is 0 Å². The number of hydrogen-bond donors (Lipinski definition) is 1. The molecule has 0 saturated carbocycles. The summed E-state index contributed by atoms with van der Waals surface area (Å²) in [6, 6.07) is 12.2. The van der Waals surface area contributed by atoms with E-state index in [1.54, 1.807) is 23.1 Å².